The van der Waals surface area contributed by atoms with Crippen LogP contribution in [0.1, 0.15) is 17.7 Å². The number of nitrogens with one attached hydrogen (secondary N) is 2. The highest BCUT2D eigenvalue weighted by Gasteiger charge is 2.24. The molecule has 0 spiro atoms. The van der Waals surface area contributed by atoms with Gasteiger partial charge in [0.15, 0.2) is 5.65 Å². The quantitative estimate of drug-likeness (QED) is 0.783. The molecular formula is C16H24N6O. The van der Waals surface area contributed by atoms with Crippen molar-refractivity contribution in [2.24, 2.45) is 0 Å². The first-order chi connectivity index (χ1) is 11.0. The number of piperidine rings is 1. The average molecular weight is 316 g/mol. The molecule has 2 aromatic rings. The van der Waals surface area contributed by atoms with Crippen molar-refractivity contribution in [2.75, 3.05) is 37.8 Å². The third-order valence-electron chi connectivity index (χ3n) is 4.17. The number of aliphatic hydroxyl groups excluding tert-OH is 1. The number of hydrogen-bond acceptors (Lipinski definition) is 7. The highest BCUT2D eigenvalue weighted by Crippen LogP contribution is 2.25. The number of likely N-dealkylation sites (tertiary alicyclic amines) is 1. The van der Waals surface area contributed by atoms with Crippen molar-refractivity contribution in [3.63, 3.8) is 0 Å². The molecule has 2 atom stereocenters. The molecule has 3 heterocycles. The Labute approximate surface area is 136 Å². The second-order valence-electron chi connectivity index (χ2n) is 6.38. The molecule has 1 fully saturated rings. The minimum Gasteiger partial charge on any atom is -0.392 e. The first-order valence-electron chi connectivity index (χ1n) is 7.93. The van der Waals surface area contributed by atoms with Crippen LogP contribution >= 0.6 is 0 Å². The first-order valence-corrected chi connectivity index (χ1v) is 7.93. The van der Waals surface area contributed by atoms with Gasteiger partial charge in [0, 0.05) is 31.9 Å². The van der Waals surface area contributed by atoms with Crippen LogP contribution in [-0.4, -0.2) is 64.3 Å². The van der Waals surface area contributed by atoms with Gasteiger partial charge in [-0.25, -0.2) is 4.98 Å². The minimum absolute atomic E-state index is 0.122. The van der Waals surface area contributed by atoms with Crippen molar-refractivity contribution in [3.05, 3.63) is 17.3 Å². The molecule has 2 aromatic heterocycles. The molecule has 1 aliphatic heterocycles. The Balaban J connectivity index is 1.95. The summed E-state index contributed by atoms with van der Waals surface area (Å²) in [6.45, 7) is 5.57. The molecule has 7 heteroatoms. The number of rotatable bonds is 3. The molecule has 0 unspecified atom stereocenters. The van der Waals surface area contributed by atoms with E-state index in [1.54, 1.807) is 0 Å². The fourth-order valence-electron chi connectivity index (χ4n) is 3.30. The summed E-state index contributed by atoms with van der Waals surface area (Å²) in [5.41, 5.74) is 2.74. The normalized spacial score (nSPS) is 22.3. The summed E-state index contributed by atoms with van der Waals surface area (Å²) in [6, 6.07) is 2.16. The molecular weight excluding hydrogens is 292 g/mol. The van der Waals surface area contributed by atoms with Gasteiger partial charge in [0.25, 0.3) is 0 Å². The van der Waals surface area contributed by atoms with Crippen molar-refractivity contribution < 1.29 is 5.11 Å². The SMILES string of the molecule is CNc1nc(N[C@@H]2C[C@H](O)CN(C)C2)nc2nc(C)cc(C)c12. The Morgan fingerprint density at radius 1 is 1.22 bits per heavy atom. The third kappa shape index (κ3) is 3.35. The summed E-state index contributed by atoms with van der Waals surface area (Å²) in [7, 11) is 3.86. The Bertz CT molecular complexity index is 709. The zero-order valence-electron chi connectivity index (χ0n) is 14.1. The van der Waals surface area contributed by atoms with Crippen LogP contribution in [0, 0.1) is 13.8 Å². The third-order valence-corrected chi connectivity index (χ3v) is 4.17. The topological polar surface area (TPSA) is 86.2 Å². The minimum atomic E-state index is -0.321. The maximum absolute atomic E-state index is 9.93. The number of anilines is 2. The Kier molecular flexibility index (Phi) is 4.32. The lowest BCUT2D eigenvalue weighted by Crippen LogP contribution is -2.46. The molecule has 3 N–H and O–H groups in total. The van der Waals surface area contributed by atoms with E-state index in [9.17, 15) is 5.11 Å². The average Bonchev–Trinajstić information content (AvgIpc) is 2.44. The molecule has 0 amide bonds. The zero-order valence-corrected chi connectivity index (χ0v) is 14.1. The van der Waals surface area contributed by atoms with Gasteiger partial charge in [-0.2, -0.15) is 9.97 Å². The lowest BCUT2D eigenvalue weighted by atomic mass is 10.0. The van der Waals surface area contributed by atoms with Crippen molar-refractivity contribution in [1.29, 1.82) is 0 Å². The lowest BCUT2D eigenvalue weighted by Gasteiger charge is -2.33. The van der Waals surface area contributed by atoms with Crippen molar-refractivity contribution in [3.8, 4) is 0 Å². The van der Waals surface area contributed by atoms with Crippen LogP contribution in [0.15, 0.2) is 6.07 Å². The molecule has 23 heavy (non-hydrogen) atoms. The van der Waals surface area contributed by atoms with Crippen LogP contribution in [0.3, 0.4) is 0 Å². The van der Waals surface area contributed by atoms with Crippen LogP contribution in [0.5, 0.6) is 0 Å². The van der Waals surface area contributed by atoms with E-state index in [1.807, 2.05) is 34.0 Å². The number of aromatic nitrogens is 3. The van der Waals surface area contributed by atoms with Gasteiger partial charge in [-0.05, 0) is 38.9 Å². The lowest BCUT2D eigenvalue weighted by molar-refractivity contribution is 0.0778. The summed E-state index contributed by atoms with van der Waals surface area (Å²) in [4.78, 5) is 15.8. The van der Waals surface area contributed by atoms with Crippen molar-refractivity contribution in [2.45, 2.75) is 32.4 Å². The van der Waals surface area contributed by atoms with Crippen LogP contribution in [0.2, 0.25) is 0 Å². The molecule has 1 saturated heterocycles. The molecule has 0 aromatic carbocycles. The molecule has 0 saturated carbocycles. The molecule has 124 valence electrons. The number of likely N-dealkylation sites (N-methyl/N-ethyl adjacent to an activating group) is 1. The number of hydrogen-bond donors (Lipinski definition) is 3. The number of β-amino-alcohol motifs (C(OH)–C–C–N with tert-alkyl or cyclic N) is 1. The fourth-order valence-corrected chi connectivity index (χ4v) is 3.30. The monoisotopic (exact) mass is 316 g/mol. The Hall–Kier alpha value is -1.99. The van der Waals surface area contributed by atoms with Gasteiger partial charge in [-0.1, -0.05) is 0 Å². The standard InChI is InChI=1S/C16H24N6O/c1-9-5-10(2)18-15-13(9)14(17-3)20-16(21-15)19-11-6-12(23)8-22(4)7-11/h5,11-12,23H,6-8H2,1-4H3,(H2,17,18,19,20,21)/t11-,12+/m1/s1. The number of pyridine rings is 1. The van der Waals surface area contributed by atoms with Gasteiger partial charge < -0.3 is 20.6 Å². The number of aliphatic hydroxyl groups is 1. The summed E-state index contributed by atoms with van der Waals surface area (Å²) in [5, 5.41) is 17.4. The van der Waals surface area contributed by atoms with E-state index >= 15 is 0 Å². The number of aryl methyl sites for hydroxylation is 2. The van der Waals surface area contributed by atoms with E-state index in [2.05, 4.69) is 30.5 Å². The second kappa shape index (κ2) is 6.25. The second-order valence-corrected chi connectivity index (χ2v) is 6.38. The van der Waals surface area contributed by atoms with Gasteiger partial charge >= 0.3 is 0 Å². The van der Waals surface area contributed by atoms with Crippen molar-refractivity contribution >= 4 is 22.8 Å². The van der Waals surface area contributed by atoms with Gasteiger partial charge in [0.1, 0.15) is 5.82 Å². The Morgan fingerprint density at radius 3 is 2.70 bits per heavy atom. The summed E-state index contributed by atoms with van der Waals surface area (Å²) < 4.78 is 0. The maximum atomic E-state index is 9.93. The number of fused-ring (bicyclic) bond motifs is 1. The fraction of sp³-hybridized carbons (Fsp3) is 0.562. The molecule has 3 rings (SSSR count). The summed E-state index contributed by atoms with van der Waals surface area (Å²) in [5.74, 6) is 1.32. The molecule has 0 aliphatic carbocycles. The largest absolute Gasteiger partial charge is 0.392 e. The van der Waals surface area contributed by atoms with Crippen LogP contribution in [0.4, 0.5) is 11.8 Å². The maximum Gasteiger partial charge on any atom is 0.226 e. The van der Waals surface area contributed by atoms with Gasteiger partial charge in [-0.15, -0.1) is 0 Å². The van der Waals surface area contributed by atoms with Crippen LogP contribution in [-0.2, 0) is 0 Å². The first kappa shape index (κ1) is 15.9. The van der Waals surface area contributed by atoms with E-state index < -0.39 is 0 Å². The summed E-state index contributed by atoms with van der Waals surface area (Å²) in [6.07, 6.45) is 0.374. The zero-order chi connectivity index (χ0) is 16.6. The highest BCUT2D eigenvalue weighted by molar-refractivity contribution is 5.90. The highest BCUT2D eigenvalue weighted by atomic mass is 16.3. The smallest absolute Gasteiger partial charge is 0.226 e. The van der Waals surface area contributed by atoms with E-state index in [0.717, 1.165) is 29.0 Å². The molecule has 7 nitrogen and oxygen atoms in total. The Morgan fingerprint density at radius 2 is 2.00 bits per heavy atom. The van der Waals surface area contributed by atoms with Crippen molar-refractivity contribution in [1.82, 2.24) is 19.9 Å². The van der Waals surface area contributed by atoms with E-state index in [0.29, 0.717) is 24.6 Å². The number of nitrogens with zero attached hydrogens (tertiary/aromatic N) is 4. The van der Waals surface area contributed by atoms with E-state index in [1.165, 1.54) is 0 Å². The van der Waals surface area contributed by atoms with Crippen LogP contribution < -0.4 is 10.6 Å². The van der Waals surface area contributed by atoms with E-state index in [-0.39, 0.29) is 12.1 Å². The van der Waals surface area contributed by atoms with Gasteiger partial charge in [0.05, 0.1) is 11.5 Å². The predicted molar refractivity (Wildman–Crippen MR) is 91.9 cm³/mol. The van der Waals surface area contributed by atoms with Crippen LogP contribution in [0.25, 0.3) is 11.0 Å². The molecule has 1 aliphatic rings. The van der Waals surface area contributed by atoms with Gasteiger partial charge in [-0.3, -0.25) is 0 Å². The molecule has 0 bridgehead atoms. The predicted octanol–water partition coefficient (Wildman–Crippen LogP) is 1.16. The van der Waals surface area contributed by atoms with E-state index in [4.69, 9.17) is 0 Å². The summed E-state index contributed by atoms with van der Waals surface area (Å²) >= 11 is 0. The van der Waals surface area contributed by atoms with Gasteiger partial charge in [0.2, 0.25) is 5.95 Å². The molecule has 0 radical (unpaired) electrons.